The van der Waals surface area contributed by atoms with Gasteiger partial charge < -0.3 is 4.57 Å². The molecule has 0 amide bonds. The van der Waals surface area contributed by atoms with E-state index in [1.807, 2.05) is 6.33 Å². The molecule has 1 heterocycles. The first-order valence-corrected chi connectivity index (χ1v) is 8.93. The second-order valence-electron chi connectivity index (χ2n) is 5.03. The molecule has 2 rings (SSSR count). The monoisotopic (exact) mass is 476 g/mol. The minimum atomic E-state index is 0.392. The van der Waals surface area contributed by atoms with Gasteiger partial charge in [-0.05, 0) is 69.2 Å². The lowest BCUT2D eigenvalue weighted by atomic mass is 9.82. The first kappa shape index (κ1) is 14.4. The smallest absolute Gasteiger partial charge is 0.132 e. The Labute approximate surface area is 136 Å². The van der Waals surface area contributed by atoms with E-state index in [0.29, 0.717) is 5.41 Å². The third kappa shape index (κ3) is 3.52. The largest absolute Gasteiger partial charge is 0.325 e. The van der Waals surface area contributed by atoms with E-state index in [1.54, 1.807) is 0 Å². The molecule has 0 aliphatic heterocycles. The zero-order chi connectivity index (χ0) is 12.3. The second-order valence-corrected chi connectivity index (χ2v) is 7.39. The fourth-order valence-electron chi connectivity index (χ4n) is 2.66. The predicted octanol–water partition coefficient (Wildman–Crippen LogP) is 4.36. The van der Waals surface area contributed by atoms with Crippen molar-refractivity contribution in [3.05, 3.63) is 13.7 Å². The van der Waals surface area contributed by atoms with Crippen LogP contribution in [-0.2, 0) is 6.54 Å². The van der Waals surface area contributed by atoms with Crippen molar-refractivity contribution in [1.29, 1.82) is 0 Å². The van der Waals surface area contributed by atoms with Gasteiger partial charge in [0.1, 0.15) is 7.40 Å². The van der Waals surface area contributed by atoms with Crippen LogP contribution in [0.1, 0.15) is 38.5 Å². The number of hydrogen-bond donors (Lipinski definition) is 1. The second kappa shape index (κ2) is 6.45. The molecule has 17 heavy (non-hydrogen) atoms. The van der Waals surface area contributed by atoms with E-state index in [1.165, 1.54) is 42.2 Å². The van der Waals surface area contributed by atoms with Gasteiger partial charge in [0.25, 0.3) is 0 Å². The topological polar surface area (TPSA) is 17.8 Å². The van der Waals surface area contributed by atoms with Crippen LogP contribution in [0.25, 0.3) is 0 Å². The summed E-state index contributed by atoms with van der Waals surface area (Å²) in [4.78, 5) is 4.39. The van der Waals surface area contributed by atoms with Gasteiger partial charge in [0.15, 0.2) is 0 Å². The molecule has 0 aromatic carbocycles. The molecule has 0 N–H and O–H groups in total. The van der Waals surface area contributed by atoms with Crippen LogP contribution in [0, 0.1) is 12.8 Å². The van der Waals surface area contributed by atoms with Crippen LogP contribution in [0.2, 0.25) is 0 Å². The Morgan fingerprint density at radius 2 is 1.88 bits per heavy atom. The van der Waals surface area contributed by atoms with Gasteiger partial charge in [-0.15, -0.1) is 0 Å². The summed E-state index contributed by atoms with van der Waals surface area (Å²) in [7, 11) is 0. The molecule has 1 aromatic rings. The molecule has 1 saturated carbocycles. The van der Waals surface area contributed by atoms with Gasteiger partial charge >= 0.3 is 0 Å². The van der Waals surface area contributed by atoms with Crippen LogP contribution in [-0.4, -0.2) is 15.3 Å². The summed E-state index contributed by atoms with van der Waals surface area (Å²) in [5.41, 5.74) is 0.392. The van der Waals surface area contributed by atoms with Crippen LogP contribution in [0.3, 0.4) is 0 Å². The quantitative estimate of drug-likeness (QED) is 0.390. The summed E-state index contributed by atoms with van der Waals surface area (Å²) in [5, 5.41) is 0. The van der Waals surface area contributed by atoms with Crippen molar-refractivity contribution in [2.75, 3.05) is 5.75 Å². The lowest BCUT2D eigenvalue weighted by Gasteiger charge is -2.31. The molecule has 0 radical (unpaired) electrons. The number of imidazole rings is 1. The summed E-state index contributed by atoms with van der Waals surface area (Å²) in [5.74, 6) is 0.998. The van der Waals surface area contributed by atoms with E-state index in [2.05, 4.69) is 67.4 Å². The van der Waals surface area contributed by atoms with Crippen LogP contribution >= 0.6 is 57.8 Å². The Morgan fingerprint density at radius 1 is 1.24 bits per heavy atom. The van der Waals surface area contributed by atoms with Gasteiger partial charge in [-0.3, -0.25) is 0 Å². The molecule has 2 nitrogen and oxygen atoms in total. The number of nitrogens with zero attached hydrogens (tertiary/aromatic N) is 2. The molecule has 1 aromatic heterocycles. The van der Waals surface area contributed by atoms with Crippen molar-refractivity contribution in [2.45, 2.75) is 45.1 Å². The number of halogens is 2. The van der Waals surface area contributed by atoms with Gasteiger partial charge in [0.2, 0.25) is 0 Å². The van der Waals surface area contributed by atoms with Crippen LogP contribution in [0.5, 0.6) is 0 Å². The minimum Gasteiger partial charge on any atom is -0.325 e. The first-order valence-electron chi connectivity index (χ1n) is 6.14. The zero-order valence-corrected chi connectivity index (χ0v) is 15.0. The van der Waals surface area contributed by atoms with Crippen molar-refractivity contribution in [1.82, 2.24) is 9.55 Å². The van der Waals surface area contributed by atoms with E-state index in [9.17, 15) is 0 Å². The lowest BCUT2D eigenvalue weighted by molar-refractivity contribution is 0.239. The summed E-state index contributed by atoms with van der Waals surface area (Å²) in [6, 6.07) is 0. The molecule has 0 unspecified atom stereocenters. The van der Waals surface area contributed by atoms with Crippen molar-refractivity contribution in [2.24, 2.45) is 5.41 Å². The van der Waals surface area contributed by atoms with E-state index >= 15 is 0 Å². The Morgan fingerprint density at radius 3 is 2.35 bits per heavy atom. The third-order valence-corrected chi connectivity index (χ3v) is 7.36. The van der Waals surface area contributed by atoms with Crippen LogP contribution in [0.15, 0.2) is 6.33 Å². The van der Waals surface area contributed by atoms with Crippen LogP contribution in [0.4, 0.5) is 0 Å². The maximum Gasteiger partial charge on any atom is 0.132 e. The molecule has 96 valence electrons. The molecular formula is C12H18I2N2S. The van der Waals surface area contributed by atoms with E-state index in [-0.39, 0.29) is 0 Å². The Hall–Kier alpha value is 1.02. The fraction of sp³-hybridized carbons (Fsp3) is 0.750. The van der Waals surface area contributed by atoms with Crippen molar-refractivity contribution in [3.8, 4) is 0 Å². The molecule has 0 bridgehead atoms. The van der Waals surface area contributed by atoms with Gasteiger partial charge in [-0.2, -0.15) is 12.6 Å². The molecule has 0 atom stereocenters. The zero-order valence-electron chi connectivity index (χ0n) is 9.83. The predicted molar refractivity (Wildman–Crippen MR) is 91.6 cm³/mol. The normalized spacial score (nSPS) is 20.2. The van der Waals surface area contributed by atoms with E-state index in [4.69, 9.17) is 0 Å². The highest BCUT2D eigenvalue weighted by atomic mass is 127. The number of rotatable bonds is 3. The first-order chi connectivity index (χ1) is 8.17. The number of hydrogen-bond acceptors (Lipinski definition) is 2. The average molecular weight is 476 g/mol. The van der Waals surface area contributed by atoms with Gasteiger partial charge in [0, 0.05) is 6.54 Å². The maximum absolute atomic E-state index is 4.63. The van der Waals surface area contributed by atoms with Gasteiger partial charge in [-0.25, -0.2) is 4.98 Å². The molecule has 1 aliphatic carbocycles. The average Bonchev–Trinajstić information content (AvgIpc) is 2.59. The highest BCUT2D eigenvalue weighted by Crippen LogP contribution is 2.38. The summed E-state index contributed by atoms with van der Waals surface area (Å²) in [6.07, 6.45) is 10.1. The Balaban J connectivity index is 2.15. The fourth-order valence-corrected chi connectivity index (χ4v) is 3.94. The van der Waals surface area contributed by atoms with E-state index < -0.39 is 0 Å². The molecule has 0 spiro atoms. The number of thiol groups is 1. The standard InChI is InChI=1S/C12H18I2N2S/c13-10-11(14)16(9-15-10)7-12(8-17)5-3-1-2-4-6-12/h9,17H,1-8H2. The van der Waals surface area contributed by atoms with E-state index in [0.717, 1.165) is 16.0 Å². The van der Waals surface area contributed by atoms with Crippen molar-refractivity contribution >= 4 is 57.8 Å². The molecule has 5 heteroatoms. The highest BCUT2D eigenvalue weighted by molar-refractivity contribution is 14.1. The summed E-state index contributed by atoms with van der Waals surface area (Å²) in [6.45, 7) is 1.09. The van der Waals surface area contributed by atoms with Crippen molar-refractivity contribution in [3.63, 3.8) is 0 Å². The lowest BCUT2D eigenvalue weighted by Crippen LogP contribution is -2.28. The number of aromatic nitrogens is 2. The van der Waals surface area contributed by atoms with Crippen LogP contribution < -0.4 is 0 Å². The Kier molecular flexibility index (Phi) is 5.48. The SMILES string of the molecule is SCC1(Cn2cnc(I)c2I)CCCCCC1. The van der Waals surface area contributed by atoms with Gasteiger partial charge in [0.05, 0.1) is 6.33 Å². The molecular weight excluding hydrogens is 458 g/mol. The highest BCUT2D eigenvalue weighted by Gasteiger charge is 2.30. The third-order valence-electron chi connectivity index (χ3n) is 3.74. The summed E-state index contributed by atoms with van der Waals surface area (Å²) < 4.78 is 4.70. The molecule has 0 saturated heterocycles. The van der Waals surface area contributed by atoms with Gasteiger partial charge in [-0.1, -0.05) is 25.7 Å². The molecule has 1 fully saturated rings. The minimum absolute atomic E-state index is 0.392. The molecule has 1 aliphatic rings. The summed E-state index contributed by atoms with van der Waals surface area (Å²) >= 11 is 9.33. The Bertz CT molecular complexity index is 371. The van der Waals surface area contributed by atoms with Crippen molar-refractivity contribution < 1.29 is 0 Å². The maximum atomic E-state index is 4.63.